The van der Waals surface area contributed by atoms with Gasteiger partial charge in [-0.2, -0.15) is 0 Å². The Morgan fingerprint density at radius 3 is 2.53 bits per heavy atom. The second-order valence-corrected chi connectivity index (χ2v) is 5.29. The quantitative estimate of drug-likeness (QED) is 0.436. The van der Waals surface area contributed by atoms with Crippen molar-refractivity contribution < 1.29 is 14.8 Å². The summed E-state index contributed by atoms with van der Waals surface area (Å²) in [6.07, 6.45) is 0. The topological polar surface area (TPSA) is 118 Å². The molecule has 0 aliphatic heterocycles. The maximum atomic E-state index is 11.9. The Morgan fingerprint density at radius 2 is 2.05 bits per heavy atom. The number of carbonyl (C=O) groups is 1. The van der Waals surface area contributed by atoms with Crippen molar-refractivity contribution in [3.05, 3.63) is 28.3 Å². The molecule has 0 heterocycles. The van der Waals surface area contributed by atoms with E-state index in [2.05, 4.69) is 5.32 Å². The molecule has 104 valence electrons. The Labute approximate surface area is 110 Å². The van der Waals surface area contributed by atoms with E-state index in [0.717, 1.165) is 6.07 Å². The fraction of sp³-hybridized carbons (Fsp3) is 0.417. The lowest BCUT2D eigenvalue weighted by atomic mass is 9.87. The first kappa shape index (κ1) is 14.9. The van der Waals surface area contributed by atoms with Gasteiger partial charge < -0.3 is 16.2 Å². The van der Waals surface area contributed by atoms with Gasteiger partial charge in [-0.05, 0) is 17.5 Å². The molecule has 0 aliphatic carbocycles. The zero-order valence-corrected chi connectivity index (χ0v) is 11.0. The number of hydrogen-bond acceptors (Lipinski definition) is 5. The number of nitrogens with two attached hydrogens (primary N) is 1. The van der Waals surface area contributed by atoms with Crippen LogP contribution in [0.4, 0.5) is 11.4 Å². The molecule has 0 spiro atoms. The number of phenolic OH excluding ortho intramolecular Hbond substituents is 1. The smallest absolute Gasteiger partial charge is 0.296 e. The zero-order valence-electron chi connectivity index (χ0n) is 11.0. The van der Waals surface area contributed by atoms with E-state index in [4.69, 9.17) is 5.73 Å². The van der Waals surface area contributed by atoms with Crippen molar-refractivity contribution in [2.24, 2.45) is 11.1 Å². The average Bonchev–Trinajstić information content (AvgIpc) is 2.28. The van der Waals surface area contributed by atoms with Crippen LogP contribution < -0.4 is 11.1 Å². The number of amides is 1. The third kappa shape index (κ3) is 3.65. The maximum absolute atomic E-state index is 11.9. The second kappa shape index (κ2) is 5.23. The van der Waals surface area contributed by atoms with Crippen molar-refractivity contribution >= 4 is 17.3 Å². The first-order chi connectivity index (χ1) is 8.62. The lowest BCUT2D eigenvalue weighted by Gasteiger charge is -2.25. The molecule has 1 unspecified atom stereocenters. The van der Waals surface area contributed by atoms with Crippen LogP contribution in [0.25, 0.3) is 0 Å². The third-order valence-electron chi connectivity index (χ3n) is 2.65. The monoisotopic (exact) mass is 267 g/mol. The number of nitrogens with zero attached hydrogens (tertiary/aromatic N) is 1. The van der Waals surface area contributed by atoms with Gasteiger partial charge >= 0.3 is 0 Å². The van der Waals surface area contributed by atoms with Crippen LogP contribution in [0.15, 0.2) is 18.2 Å². The molecule has 0 radical (unpaired) electrons. The molecule has 1 rings (SSSR count). The van der Waals surface area contributed by atoms with E-state index in [-0.39, 0.29) is 17.1 Å². The highest BCUT2D eigenvalue weighted by atomic mass is 16.6. The lowest BCUT2D eigenvalue weighted by Crippen LogP contribution is -2.45. The van der Waals surface area contributed by atoms with Crippen LogP contribution in [-0.2, 0) is 4.79 Å². The summed E-state index contributed by atoms with van der Waals surface area (Å²) >= 11 is 0. The predicted molar refractivity (Wildman–Crippen MR) is 70.8 cm³/mol. The van der Waals surface area contributed by atoms with E-state index >= 15 is 0 Å². The van der Waals surface area contributed by atoms with Gasteiger partial charge in [0, 0.05) is 0 Å². The molecule has 0 aliphatic rings. The summed E-state index contributed by atoms with van der Waals surface area (Å²) in [5.41, 5.74) is 4.93. The number of nitro groups is 1. The highest BCUT2D eigenvalue weighted by Crippen LogP contribution is 2.29. The first-order valence-corrected chi connectivity index (χ1v) is 5.67. The summed E-state index contributed by atoms with van der Waals surface area (Å²) < 4.78 is 0. The summed E-state index contributed by atoms with van der Waals surface area (Å²) in [6, 6.07) is 2.69. The Bertz CT molecular complexity index is 508. The number of benzene rings is 1. The minimum Gasteiger partial charge on any atom is -0.508 e. The van der Waals surface area contributed by atoms with Crippen LogP contribution in [0.3, 0.4) is 0 Å². The largest absolute Gasteiger partial charge is 0.508 e. The van der Waals surface area contributed by atoms with E-state index in [9.17, 15) is 20.0 Å². The van der Waals surface area contributed by atoms with E-state index in [0.29, 0.717) is 0 Å². The van der Waals surface area contributed by atoms with E-state index in [1.54, 1.807) is 20.8 Å². The minimum atomic E-state index is -0.805. The van der Waals surface area contributed by atoms with Crippen LogP contribution in [0.1, 0.15) is 20.8 Å². The number of nitrogens with one attached hydrogen (secondary N) is 1. The highest BCUT2D eigenvalue weighted by molar-refractivity contribution is 5.97. The molecular formula is C12H17N3O4. The van der Waals surface area contributed by atoms with Crippen molar-refractivity contribution in [1.82, 2.24) is 0 Å². The van der Waals surface area contributed by atoms with Gasteiger partial charge in [0.25, 0.3) is 5.69 Å². The summed E-state index contributed by atoms with van der Waals surface area (Å²) in [7, 11) is 0. The van der Waals surface area contributed by atoms with Gasteiger partial charge in [-0.3, -0.25) is 14.9 Å². The molecule has 1 aromatic rings. The minimum absolute atomic E-state index is 0.00694. The highest BCUT2D eigenvalue weighted by Gasteiger charge is 2.29. The molecule has 7 heteroatoms. The van der Waals surface area contributed by atoms with Crippen molar-refractivity contribution in [3.63, 3.8) is 0 Å². The average molecular weight is 267 g/mol. The molecule has 19 heavy (non-hydrogen) atoms. The molecular weight excluding hydrogens is 250 g/mol. The first-order valence-electron chi connectivity index (χ1n) is 5.67. The molecule has 4 N–H and O–H groups in total. The van der Waals surface area contributed by atoms with Crippen molar-refractivity contribution in [3.8, 4) is 5.75 Å². The molecule has 0 saturated heterocycles. The number of phenols is 1. The number of anilines is 1. The van der Waals surface area contributed by atoms with Crippen LogP contribution >= 0.6 is 0 Å². The summed E-state index contributed by atoms with van der Waals surface area (Å²) in [4.78, 5) is 22.0. The number of carbonyl (C=O) groups excluding carboxylic acids is 1. The van der Waals surface area contributed by atoms with Crippen LogP contribution in [-0.4, -0.2) is 22.0 Å². The summed E-state index contributed by atoms with van der Waals surface area (Å²) in [5.74, 6) is -0.758. The van der Waals surface area contributed by atoms with E-state index in [1.807, 2.05) is 0 Å². The van der Waals surface area contributed by atoms with Crippen molar-refractivity contribution in [2.45, 2.75) is 26.8 Å². The van der Waals surface area contributed by atoms with Gasteiger partial charge in [0.1, 0.15) is 11.4 Å². The summed E-state index contributed by atoms with van der Waals surface area (Å²) in [5, 5.41) is 22.5. The maximum Gasteiger partial charge on any atom is 0.296 e. The molecule has 1 atom stereocenters. The molecule has 1 aromatic carbocycles. The molecule has 0 fully saturated rings. The van der Waals surface area contributed by atoms with Crippen molar-refractivity contribution in [1.29, 1.82) is 0 Å². The van der Waals surface area contributed by atoms with Crippen molar-refractivity contribution in [2.75, 3.05) is 5.32 Å². The van der Waals surface area contributed by atoms with Gasteiger partial charge in [0.2, 0.25) is 5.91 Å². The van der Waals surface area contributed by atoms with Gasteiger partial charge in [-0.25, -0.2) is 0 Å². The Morgan fingerprint density at radius 1 is 1.47 bits per heavy atom. The fourth-order valence-corrected chi connectivity index (χ4v) is 1.38. The van der Waals surface area contributed by atoms with Gasteiger partial charge in [-0.15, -0.1) is 0 Å². The van der Waals surface area contributed by atoms with Gasteiger partial charge in [-0.1, -0.05) is 20.8 Å². The molecule has 7 nitrogen and oxygen atoms in total. The summed E-state index contributed by atoms with van der Waals surface area (Å²) in [6.45, 7) is 5.38. The Hall–Kier alpha value is -2.15. The Kier molecular flexibility index (Phi) is 4.10. The lowest BCUT2D eigenvalue weighted by molar-refractivity contribution is -0.384. The molecule has 0 aromatic heterocycles. The normalized spacial score (nSPS) is 12.8. The van der Waals surface area contributed by atoms with Crippen LogP contribution in [0.5, 0.6) is 5.75 Å². The standard InChI is InChI=1S/C12H17N3O4/c1-12(2,3)10(13)11(17)14-8-5-4-7(16)6-9(8)15(18)19/h4-6,10,16H,13H2,1-3H3,(H,14,17). The zero-order chi connectivity index (χ0) is 14.8. The fourth-order valence-electron chi connectivity index (χ4n) is 1.38. The molecule has 0 saturated carbocycles. The molecule has 0 bridgehead atoms. The second-order valence-electron chi connectivity index (χ2n) is 5.29. The predicted octanol–water partition coefficient (Wildman–Crippen LogP) is 1.61. The van der Waals surface area contributed by atoms with Crippen LogP contribution in [0.2, 0.25) is 0 Å². The number of nitro benzene ring substituents is 1. The van der Waals surface area contributed by atoms with Gasteiger partial charge in [0.05, 0.1) is 17.0 Å². The van der Waals surface area contributed by atoms with Gasteiger partial charge in [0.15, 0.2) is 0 Å². The number of hydrogen-bond donors (Lipinski definition) is 3. The van der Waals surface area contributed by atoms with Crippen LogP contribution in [0, 0.1) is 15.5 Å². The Balaban J connectivity index is 3.00. The third-order valence-corrected chi connectivity index (χ3v) is 2.65. The number of rotatable bonds is 3. The van der Waals surface area contributed by atoms with E-state index in [1.165, 1.54) is 12.1 Å². The number of aromatic hydroxyl groups is 1. The SMILES string of the molecule is CC(C)(C)C(N)C(=O)Nc1ccc(O)cc1[N+](=O)[O-]. The molecule has 1 amide bonds. The van der Waals surface area contributed by atoms with E-state index < -0.39 is 22.3 Å².